The minimum absolute atomic E-state index is 0.0294. The van der Waals surface area contributed by atoms with E-state index in [4.69, 9.17) is 0 Å². The van der Waals surface area contributed by atoms with Gasteiger partial charge in [0, 0.05) is 9.35 Å². The predicted octanol–water partition coefficient (Wildman–Crippen LogP) is 2.92. The van der Waals surface area contributed by atoms with E-state index in [-0.39, 0.29) is 23.9 Å². The Morgan fingerprint density at radius 3 is 2.70 bits per heavy atom. The maximum Gasteiger partial charge on any atom is 0.246 e. The van der Waals surface area contributed by atoms with Crippen LogP contribution in [0.5, 0.6) is 0 Å². The summed E-state index contributed by atoms with van der Waals surface area (Å²) in [6.07, 6.45) is 2.21. The average Bonchev–Trinajstić information content (AvgIpc) is 2.81. The number of thiophene rings is 1. The number of nitrogens with zero attached hydrogens (tertiary/aromatic N) is 1. The van der Waals surface area contributed by atoms with Gasteiger partial charge in [0.15, 0.2) is 0 Å². The second-order valence-electron chi connectivity index (χ2n) is 4.93. The molecule has 1 fully saturated rings. The molecule has 6 heteroatoms. The van der Waals surface area contributed by atoms with Crippen molar-refractivity contribution in [3.05, 3.63) is 20.8 Å². The molecule has 1 aliphatic rings. The van der Waals surface area contributed by atoms with Crippen LogP contribution in [-0.2, 0) is 16.1 Å². The third kappa shape index (κ3) is 3.06. The zero-order valence-corrected chi connectivity index (χ0v) is 14.1. The van der Waals surface area contributed by atoms with E-state index in [1.165, 1.54) is 0 Å². The lowest BCUT2D eigenvalue weighted by molar-refractivity contribution is -0.150. The zero-order valence-electron chi connectivity index (χ0n) is 11.7. The molecule has 2 rings (SSSR count). The molecule has 1 aromatic rings. The van der Waals surface area contributed by atoms with Crippen molar-refractivity contribution in [3.8, 4) is 0 Å². The van der Waals surface area contributed by atoms with Crippen LogP contribution in [0.4, 0.5) is 0 Å². The first-order valence-corrected chi connectivity index (χ1v) is 8.58. The average molecular weight is 359 g/mol. The number of piperazine rings is 1. The molecule has 110 valence electrons. The molecule has 1 aliphatic heterocycles. The van der Waals surface area contributed by atoms with E-state index >= 15 is 0 Å². The summed E-state index contributed by atoms with van der Waals surface area (Å²) in [6, 6.07) is 1.25. The second kappa shape index (κ2) is 6.72. The van der Waals surface area contributed by atoms with Crippen LogP contribution in [0.2, 0.25) is 0 Å². The summed E-state index contributed by atoms with van der Waals surface area (Å²) in [5.41, 5.74) is 0. The van der Waals surface area contributed by atoms with E-state index < -0.39 is 0 Å². The molecule has 0 spiro atoms. The van der Waals surface area contributed by atoms with Crippen molar-refractivity contribution in [2.75, 3.05) is 0 Å². The number of carbonyl (C=O) groups excluding carboxylic acids is 2. The Morgan fingerprint density at radius 1 is 1.40 bits per heavy atom. The molecule has 2 atom stereocenters. The number of hydrogen-bond acceptors (Lipinski definition) is 3. The highest BCUT2D eigenvalue weighted by atomic mass is 79.9. The summed E-state index contributed by atoms with van der Waals surface area (Å²) < 4.78 is 1.00. The summed E-state index contributed by atoms with van der Waals surface area (Å²) in [5.74, 6) is 0.0110. The van der Waals surface area contributed by atoms with Crippen LogP contribution >= 0.6 is 27.3 Å². The van der Waals surface area contributed by atoms with Crippen molar-refractivity contribution in [1.29, 1.82) is 0 Å². The predicted molar refractivity (Wildman–Crippen MR) is 83.5 cm³/mol. The van der Waals surface area contributed by atoms with Gasteiger partial charge in [0.05, 0.1) is 6.54 Å². The Balaban J connectivity index is 2.22. The largest absolute Gasteiger partial charge is 0.343 e. The zero-order chi connectivity index (χ0) is 14.7. The Bertz CT molecular complexity index is 503. The van der Waals surface area contributed by atoms with Crippen LogP contribution in [0.25, 0.3) is 0 Å². The summed E-state index contributed by atoms with van der Waals surface area (Å²) in [6.45, 7) is 4.46. The molecule has 0 aliphatic carbocycles. The highest BCUT2D eigenvalue weighted by molar-refractivity contribution is 9.10. The summed E-state index contributed by atoms with van der Waals surface area (Å²) in [4.78, 5) is 27.6. The summed E-state index contributed by atoms with van der Waals surface area (Å²) >= 11 is 5.09. The molecule has 1 saturated heterocycles. The van der Waals surface area contributed by atoms with Gasteiger partial charge in [0.1, 0.15) is 12.1 Å². The van der Waals surface area contributed by atoms with Crippen LogP contribution in [-0.4, -0.2) is 28.8 Å². The number of nitrogens with one attached hydrogen (secondary N) is 1. The Morgan fingerprint density at radius 2 is 2.15 bits per heavy atom. The first kappa shape index (κ1) is 15.5. The Hall–Kier alpha value is -0.880. The molecular weight excluding hydrogens is 340 g/mol. The van der Waals surface area contributed by atoms with Gasteiger partial charge in [0.25, 0.3) is 0 Å². The molecule has 2 unspecified atom stereocenters. The van der Waals surface area contributed by atoms with E-state index in [1.807, 2.05) is 25.3 Å². The van der Waals surface area contributed by atoms with Gasteiger partial charge in [-0.15, -0.1) is 11.3 Å². The smallest absolute Gasteiger partial charge is 0.246 e. The van der Waals surface area contributed by atoms with Gasteiger partial charge >= 0.3 is 0 Å². The molecule has 1 aromatic heterocycles. The van der Waals surface area contributed by atoms with Crippen LogP contribution < -0.4 is 5.32 Å². The van der Waals surface area contributed by atoms with Crippen molar-refractivity contribution in [2.45, 2.75) is 51.7 Å². The van der Waals surface area contributed by atoms with Crippen LogP contribution in [0, 0.1) is 0 Å². The van der Waals surface area contributed by atoms with E-state index in [0.29, 0.717) is 19.4 Å². The molecule has 20 heavy (non-hydrogen) atoms. The lowest BCUT2D eigenvalue weighted by atomic mass is 10.0. The highest BCUT2D eigenvalue weighted by Gasteiger charge is 2.39. The quantitative estimate of drug-likeness (QED) is 0.879. The monoisotopic (exact) mass is 358 g/mol. The van der Waals surface area contributed by atoms with Crippen LogP contribution in [0.15, 0.2) is 15.9 Å². The number of halogens is 1. The molecule has 2 heterocycles. The van der Waals surface area contributed by atoms with Gasteiger partial charge in [-0.25, -0.2) is 0 Å². The molecular formula is C14H19BrN2O2S. The van der Waals surface area contributed by atoms with Gasteiger partial charge in [-0.3, -0.25) is 9.59 Å². The summed E-state index contributed by atoms with van der Waals surface area (Å²) in [5, 5.41) is 4.84. The SMILES string of the molecule is CCCC1NC(=O)C(CC)N(Cc2sccc2Br)C1=O. The minimum Gasteiger partial charge on any atom is -0.343 e. The van der Waals surface area contributed by atoms with Gasteiger partial charge in [0.2, 0.25) is 11.8 Å². The molecule has 1 N–H and O–H groups in total. The lowest BCUT2D eigenvalue weighted by Crippen LogP contribution is -2.62. The maximum atomic E-state index is 12.6. The fourth-order valence-electron chi connectivity index (χ4n) is 2.50. The lowest BCUT2D eigenvalue weighted by Gasteiger charge is -2.38. The van der Waals surface area contributed by atoms with Crippen molar-refractivity contribution in [3.63, 3.8) is 0 Å². The standard InChI is InChI=1S/C14H19BrN2O2S/c1-3-5-10-14(19)17(11(4-2)13(18)16-10)8-12-9(15)6-7-20-12/h6-7,10-11H,3-5,8H2,1-2H3,(H,16,18). The third-order valence-electron chi connectivity index (χ3n) is 3.55. The van der Waals surface area contributed by atoms with Crippen molar-refractivity contribution in [1.82, 2.24) is 10.2 Å². The van der Waals surface area contributed by atoms with Gasteiger partial charge in [-0.2, -0.15) is 0 Å². The highest BCUT2D eigenvalue weighted by Crippen LogP contribution is 2.27. The van der Waals surface area contributed by atoms with Crippen molar-refractivity contribution < 1.29 is 9.59 Å². The Labute approximate surface area is 131 Å². The number of hydrogen-bond donors (Lipinski definition) is 1. The van der Waals surface area contributed by atoms with E-state index in [1.54, 1.807) is 16.2 Å². The molecule has 0 radical (unpaired) electrons. The Kier molecular flexibility index (Phi) is 5.21. The number of carbonyl (C=O) groups is 2. The number of amides is 2. The van der Waals surface area contributed by atoms with Gasteiger partial charge in [-0.1, -0.05) is 20.3 Å². The second-order valence-corrected chi connectivity index (χ2v) is 6.79. The van der Waals surface area contributed by atoms with E-state index in [9.17, 15) is 9.59 Å². The molecule has 2 amide bonds. The van der Waals surface area contributed by atoms with Crippen LogP contribution in [0.1, 0.15) is 38.0 Å². The molecule has 4 nitrogen and oxygen atoms in total. The van der Waals surface area contributed by atoms with Gasteiger partial charge < -0.3 is 10.2 Å². The fourth-order valence-corrected chi connectivity index (χ4v) is 3.97. The summed E-state index contributed by atoms with van der Waals surface area (Å²) in [7, 11) is 0. The first-order valence-electron chi connectivity index (χ1n) is 6.91. The molecule has 0 bridgehead atoms. The fraction of sp³-hybridized carbons (Fsp3) is 0.571. The van der Waals surface area contributed by atoms with Crippen molar-refractivity contribution in [2.24, 2.45) is 0 Å². The minimum atomic E-state index is -0.367. The normalized spacial score (nSPS) is 23.1. The molecule has 0 aromatic carbocycles. The molecule has 0 saturated carbocycles. The third-order valence-corrected chi connectivity index (χ3v) is 5.46. The van der Waals surface area contributed by atoms with E-state index in [0.717, 1.165) is 15.8 Å². The van der Waals surface area contributed by atoms with E-state index in [2.05, 4.69) is 21.2 Å². The number of rotatable bonds is 5. The van der Waals surface area contributed by atoms with Crippen LogP contribution in [0.3, 0.4) is 0 Å². The topological polar surface area (TPSA) is 49.4 Å². The van der Waals surface area contributed by atoms with Gasteiger partial charge in [-0.05, 0) is 40.2 Å². The first-order chi connectivity index (χ1) is 9.58. The maximum absolute atomic E-state index is 12.6. The van der Waals surface area contributed by atoms with Crippen molar-refractivity contribution >= 4 is 39.1 Å².